The molecule has 1 saturated heterocycles. The maximum atomic E-state index is 12.5. The first kappa shape index (κ1) is 15.4. The van der Waals surface area contributed by atoms with Crippen molar-refractivity contribution in [3.05, 3.63) is 12.5 Å². The molecule has 20 heavy (non-hydrogen) atoms. The Labute approximate surface area is 120 Å². The predicted molar refractivity (Wildman–Crippen MR) is 76.8 cm³/mol. The van der Waals surface area contributed by atoms with Crippen molar-refractivity contribution in [3.8, 4) is 0 Å². The van der Waals surface area contributed by atoms with Crippen LogP contribution in [-0.4, -0.2) is 66.4 Å². The lowest BCUT2D eigenvalue weighted by molar-refractivity contribution is 0.294. The Morgan fingerprint density at radius 1 is 1.30 bits per heavy atom. The molecule has 0 saturated carbocycles. The molecule has 0 aliphatic carbocycles. The lowest BCUT2D eigenvalue weighted by atomic mass is 10.4. The van der Waals surface area contributed by atoms with Gasteiger partial charge in [0.1, 0.15) is 0 Å². The Bertz CT molecular complexity index is 528. The fourth-order valence-corrected chi connectivity index (χ4v) is 3.78. The van der Waals surface area contributed by atoms with Gasteiger partial charge in [-0.1, -0.05) is 0 Å². The van der Waals surface area contributed by atoms with Crippen LogP contribution in [0.25, 0.3) is 0 Å². The largest absolute Gasteiger partial charge is 0.336 e. The monoisotopic (exact) mass is 301 g/mol. The van der Waals surface area contributed by atoms with Crippen LogP contribution in [-0.2, 0) is 16.6 Å². The fourth-order valence-electron chi connectivity index (χ4n) is 2.37. The molecule has 1 fully saturated rings. The van der Waals surface area contributed by atoms with Gasteiger partial charge in [-0.3, -0.25) is 0 Å². The highest BCUT2D eigenvalue weighted by atomic mass is 32.2. The van der Waals surface area contributed by atoms with E-state index in [1.54, 1.807) is 17.1 Å². The summed E-state index contributed by atoms with van der Waals surface area (Å²) in [6.45, 7) is 6.76. The summed E-state index contributed by atoms with van der Waals surface area (Å²) in [7, 11) is -3.47. The van der Waals surface area contributed by atoms with Crippen molar-refractivity contribution in [2.45, 2.75) is 24.9 Å². The van der Waals surface area contributed by atoms with Crippen LogP contribution in [0.3, 0.4) is 0 Å². The molecule has 8 heteroatoms. The summed E-state index contributed by atoms with van der Waals surface area (Å²) in [4.78, 5) is 6.23. The Kier molecular flexibility index (Phi) is 5.14. The van der Waals surface area contributed by atoms with Crippen molar-refractivity contribution in [2.24, 2.45) is 5.73 Å². The van der Waals surface area contributed by atoms with Gasteiger partial charge in [0, 0.05) is 45.5 Å². The molecule has 0 aromatic carbocycles. The maximum absolute atomic E-state index is 12.5. The van der Waals surface area contributed by atoms with Gasteiger partial charge in [0.05, 0.1) is 6.33 Å². The molecule has 0 radical (unpaired) electrons. The van der Waals surface area contributed by atoms with Gasteiger partial charge in [0.25, 0.3) is 10.0 Å². The smallest absolute Gasteiger partial charge is 0.262 e. The second kappa shape index (κ2) is 6.66. The summed E-state index contributed by atoms with van der Waals surface area (Å²) in [5.74, 6) is 0. The van der Waals surface area contributed by atoms with Gasteiger partial charge in [0.15, 0.2) is 5.03 Å². The summed E-state index contributed by atoms with van der Waals surface area (Å²) in [5, 5.41) is 0.145. The summed E-state index contributed by atoms with van der Waals surface area (Å²) < 4.78 is 28.4. The molecule has 0 bridgehead atoms. The number of hydrogen-bond donors (Lipinski definition) is 1. The molecule has 2 rings (SSSR count). The van der Waals surface area contributed by atoms with Gasteiger partial charge in [-0.05, 0) is 19.9 Å². The third kappa shape index (κ3) is 3.38. The molecule has 1 aromatic heterocycles. The fraction of sp³-hybridized carbons (Fsp3) is 0.750. The quantitative estimate of drug-likeness (QED) is 0.797. The highest BCUT2D eigenvalue weighted by Gasteiger charge is 2.28. The van der Waals surface area contributed by atoms with Gasteiger partial charge in [-0.2, -0.15) is 4.31 Å². The topological polar surface area (TPSA) is 84.5 Å². The van der Waals surface area contributed by atoms with Crippen molar-refractivity contribution >= 4 is 10.0 Å². The van der Waals surface area contributed by atoms with E-state index in [-0.39, 0.29) is 5.03 Å². The zero-order valence-electron chi connectivity index (χ0n) is 11.9. The second-order valence-electron chi connectivity index (χ2n) is 4.93. The van der Waals surface area contributed by atoms with E-state index in [4.69, 9.17) is 5.73 Å². The molecule has 1 aliphatic heterocycles. The minimum atomic E-state index is -3.47. The first-order valence-corrected chi connectivity index (χ1v) is 8.46. The molecule has 0 atom stereocenters. The van der Waals surface area contributed by atoms with E-state index in [0.717, 1.165) is 26.1 Å². The number of nitrogens with two attached hydrogens (primary N) is 1. The normalized spacial score (nSPS) is 19.1. The number of rotatable bonds is 5. The average Bonchev–Trinajstić information content (AvgIpc) is 2.80. The molecule has 7 nitrogen and oxygen atoms in total. The van der Waals surface area contributed by atoms with Crippen molar-refractivity contribution in [2.75, 3.05) is 39.3 Å². The van der Waals surface area contributed by atoms with E-state index in [2.05, 4.69) is 9.88 Å². The van der Waals surface area contributed by atoms with Crippen LogP contribution in [0.2, 0.25) is 0 Å². The van der Waals surface area contributed by atoms with Crippen molar-refractivity contribution in [3.63, 3.8) is 0 Å². The lowest BCUT2D eigenvalue weighted by Crippen LogP contribution is -2.36. The first-order chi connectivity index (χ1) is 9.57. The van der Waals surface area contributed by atoms with E-state index < -0.39 is 10.0 Å². The van der Waals surface area contributed by atoms with E-state index in [1.165, 1.54) is 4.31 Å². The van der Waals surface area contributed by atoms with Crippen molar-refractivity contribution in [1.29, 1.82) is 0 Å². The molecular formula is C12H23N5O2S. The van der Waals surface area contributed by atoms with Gasteiger partial charge in [-0.25, -0.2) is 13.4 Å². The molecule has 0 unspecified atom stereocenters. The van der Waals surface area contributed by atoms with Crippen molar-refractivity contribution in [1.82, 2.24) is 18.8 Å². The van der Waals surface area contributed by atoms with E-state index >= 15 is 0 Å². The van der Waals surface area contributed by atoms with E-state index in [9.17, 15) is 8.42 Å². The van der Waals surface area contributed by atoms with Crippen LogP contribution < -0.4 is 5.73 Å². The van der Waals surface area contributed by atoms with E-state index in [0.29, 0.717) is 26.2 Å². The van der Waals surface area contributed by atoms with Gasteiger partial charge < -0.3 is 15.2 Å². The standard InChI is InChI=1S/C12H23N5O2S/c1-2-15-10-12(14-11-15)20(18,19)17-6-3-5-16(7-4-13)8-9-17/h10-11H,2-9,13H2,1H3. The Balaban J connectivity index is 2.09. The van der Waals surface area contributed by atoms with Crippen LogP contribution in [0.1, 0.15) is 13.3 Å². The zero-order valence-corrected chi connectivity index (χ0v) is 12.7. The van der Waals surface area contributed by atoms with Crippen LogP contribution in [0.15, 0.2) is 17.6 Å². The van der Waals surface area contributed by atoms with Crippen LogP contribution >= 0.6 is 0 Å². The SMILES string of the molecule is CCn1cnc(S(=O)(=O)N2CCCN(CCN)CC2)c1. The third-order valence-electron chi connectivity index (χ3n) is 3.57. The molecule has 114 valence electrons. The Hall–Kier alpha value is -0.960. The van der Waals surface area contributed by atoms with Crippen molar-refractivity contribution < 1.29 is 8.42 Å². The summed E-state index contributed by atoms with van der Waals surface area (Å²) >= 11 is 0. The third-order valence-corrected chi connectivity index (χ3v) is 5.36. The average molecular weight is 301 g/mol. The van der Waals surface area contributed by atoms with Gasteiger partial charge in [-0.15, -0.1) is 0 Å². The Morgan fingerprint density at radius 2 is 2.10 bits per heavy atom. The predicted octanol–water partition coefficient (Wildman–Crippen LogP) is -0.442. The maximum Gasteiger partial charge on any atom is 0.262 e. The lowest BCUT2D eigenvalue weighted by Gasteiger charge is -2.20. The molecule has 1 aliphatic rings. The summed E-state index contributed by atoms with van der Waals surface area (Å²) in [6, 6.07) is 0. The number of aryl methyl sites for hydroxylation is 1. The van der Waals surface area contributed by atoms with Gasteiger partial charge in [0.2, 0.25) is 0 Å². The summed E-state index contributed by atoms with van der Waals surface area (Å²) in [6.07, 6.45) is 3.98. The number of imidazole rings is 1. The highest BCUT2D eigenvalue weighted by Crippen LogP contribution is 2.15. The van der Waals surface area contributed by atoms with Crippen LogP contribution in [0.5, 0.6) is 0 Å². The molecule has 0 spiro atoms. The Morgan fingerprint density at radius 3 is 2.75 bits per heavy atom. The highest BCUT2D eigenvalue weighted by molar-refractivity contribution is 7.89. The molecular weight excluding hydrogens is 278 g/mol. The molecule has 2 N–H and O–H groups in total. The second-order valence-corrected chi connectivity index (χ2v) is 6.82. The minimum Gasteiger partial charge on any atom is -0.336 e. The van der Waals surface area contributed by atoms with Crippen LogP contribution in [0, 0.1) is 0 Å². The number of nitrogens with zero attached hydrogens (tertiary/aromatic N) is 4. The minimum absolute atomic E-state index is 0.145. The molecule has 0 amide bonds. The van der Waals surface area contributed by atoms with E-state index in [1.807, 2.05) is 6.92 Å². The number of hydrogen-bond acceptors (Lipinski definition) is 5. The number of aromatic nitrogens is 2. The summed E-state index contributed by atoms with van der Waals surface area (Å²) in [5.41, 5.74) is 5.55. The molecule has 1 aromatic rings. The number of sulfonamides is 1. The molecule has 2 heterocycles. The first-order valence-electron chi connectivity index (χ1n) is 7.02. The zero-order chi connectivity index (χ0) is 14.6. The van der Waals surface area contributed by atoms with Gasteiger partial charge >= 0.3 is 0 Å². The van der Waals surface area contributed by atoms with Crippen LogP contribution in [0.4, 0.5) is 0 Å².